The van der Waals surface area contributed by atoms with Crippen LogP contribution in [0, 0.1) is 0 Å². The van der Waals surface area contributed by atoms with E-state index in [1.807, 2.05) is 0 Å². The molecule has 2 heterocycles. The van der Waals surface area contributed by atoms with Gasteiger partial charge in [-0.05, 0) is 42.1 Å². The fourth-order valence-corrected chi connectivity index (χ4v) is 2.91. The molecule has 0 amide bonds. The molecule has 0 N–H and O–H groups in total. The maximum atomic E-state index is 6.01. The Morgan fingerprint density at radius 3 is 2.94 bits per heavy atom. The molecule has 3 nitrogen and oxygen atoms in total. The van der Waals surface area contributed by atoms with Crippen LogP contribution in [0.2, 0.25) is 5.15 Å². The highest BCUT2D eigenvalue weighted by atomic mass is 79.9. The van der Waals surface area contributed by atoms with Gasteiger partial charge in [-0.3, -0.25) is 0 Å². The van der Waals surface area contributed by atoms with E-state index in [1.165, 1.54) is 19.2 Å². The van der Waals surface area contributed by atoms with Crippen LogP contribution < -0.4 is 4.90 Å². The van der Waals surface area contributed by atoms with Gasteiger partial charge in [0, 0.05) is 12.1 Å². The molecule has 5 heteroatoms. The minimum absolute atomic E-state index is 0.485. The van der Waals surface area contributed by atoms with Crippen molar-refractivity contribution in [2.24, 2.45) is 0 Å². The average molecular weight is 305 g/mol. The predicted molar refractivity (Wildman–Crippen MR) is 70.0 cm³/mol. The summed E-state index contributed by atoms with van der Waals surface area (Å²) < 4.78 is 0.809. The third-order valence-corrected chi connectivity index (χ3v) is 4.48. The second kappa shape index (κ2) is 4.88. The van der Waals surface area contributed by atoms with Crippen LogP contribution >= 0.6 is 27.5 Å². The molecule has 16 heavy (non-hydrogen) atoms. The first kappa shape index (κ1) is 12.1. The van der Waals surface area contributed by atoms with Gasteiger partial charge in [-0.25, -0.2) is 9.97 Å². The normalized spacial score (nSPS) is 25.1. The molecule has 1 fully saturated rings. The van der Waals surface area contributed by atoms with Gasteiger partial charge in [0.15, 0.2) is 0 Å². The summed E-state index contributed by atoms with van der Waals surface area (Å²) >= 11 is 9.48. The quantitative estimate of drug-likeness (QED) is 0.781. The summed E-state index contributed by atoms with van der Waals surface area (Å²) in [6, 6.07) is 1.09. The zero-order valence-electron chi connectivity index (χ0n) is 9.45. The number of nitrogens with zero attached hydrogens (tertiary/aromatic N) is 3. The van der Waals surface area contributed by atoms with E-state index >= 15 is 0 Å². The van der Waals surface area contributed by atoms with E-state index in [2.05, 4.69) is 44.6 Å². The molecule has 0 bridgehead atoms. The highest BCUT2D eigenvalue weighted by molar-refractivity contribution is 9.10. The van der Waals surface area contributed by atoms with Crippen molar-refractivity contribution in [2.45, 2.75) is 45.2 Å². The lowest BCUT2D eigenvalue weighted by Gasteiger charge is -2.29. The number of rotatable bonds is 2. The molecule has 1 aliphatic heterocycles. The van der Waals surface area contributed by atoms with Crippen LogP contribution in [0.25, 0.3) is 0 Å². The van der Waals surface area contributed by atoms with Gasteiger partial charge in [0.25, 0.3) is 0 Å². The lowest BCUT2D eigenvalue weighted by atomic mass is 10.1. The van der Waals surface area contributed by atoms with Crippen molar-refractivity contribution in [1.82, 2.24) is 9.97 Å². The van der Waals surface area contributed by atoms with Gasteiger partial charge in [0.05, 0.1) is 4.47 Å². The monoisotopic (exact) mass is 303 g/mol. The Balaban J connectivity index is 2.38. The van der Waals surface area contributed by atoms with Crippen LogP contribution in [-0.2, 0) is 0 Å². The summed E-state index contributed by atoms with van der Waals surface area (Å²) in [4.78, 5) is 10.7. The van der Waals surface area contributed by atoms with Crippen molar-refractivity contribution >= 4 is 33.3 Å². The van der Waals surface area contributed by atoms with Gasteiger partial charge in [0.1, 0.15) is 17.3 Å². The Hall–Kier alpha value is -0.350. The Labute approximate surface area is 109 Å². The molecule has 1 saturated heterocycles. The molecule has 2 rings (SSSR count). The third kappa shape index (κ3) is 2.05. The first-order valence-electron chi connectivity index (χ1n) is 5.59. The summed E-state index contributed by atoms with van der Waals surface area (Å²) in [6.07, 6.45) is 5.11. The first-order chi connectivity index (χ1) is 7.65. The van der Waals surface area contributed by atoms with Gasteiger partial charge in [0.2, 0.25) is 0 Å². The fourth-order valence-electron chi connectivity index (χ4n) is 2.37. The van der Waals surface area contributed by atoms with Gasteiger partial charge in [-0.2, -0.15) is 0 Å². The Kier molecular flexibility index (Phi) is 3.70. The standard InChI is InChI=1S/C11H15BrClN3/c1-3-8-5-4-7(2)16(8)11-9(12)10(13)14-6-15-11/h6-8H,3-5H2,1-2H3. The van der Waals surface area contributed by atoms with Gasteiger partial charge >= 0.3 is 0 Å². The minimum Gasteiger partial charge on any atom is -0.350 e. The summed E-state index contributed by atoms with van der Waals surface area (Å²) in [7, 11) is 0. The van der Waals surface area contributed by atoms with Crippen molar-refractivity contribution in [3.63, 3.8) is 0 Å². The molecular formula is C11H15BrClN3. The van der Waals surface area contributed by atoms with Crippen LogP contribution in [0.15, 0.2) is 10.8 Å². The molecular weight excluding hydrogens is 289 g/mol. The van der Waals surface area contributed by atoms with Crippen LogP contribution in [0.4, 0.5) is 5.82 Å². The molecule has 88 valence electrons. The number of aromatic nitrogens is 2. The van der Waals surface area contributed by atoms with Crippen LogP contribution in [0.1, 0.15) is 33.1 Å². The lowest BCUT2D eigenvalue weighted by Crippen LogP contribution is -2.35. The van der Waals surface area contributed by atoms with E-state index in [-0.39, 0.29) is 0 Å². The van der Waals surface area contributed by atoms with E-state index < -0.39 is 0 Å². The second-order valence-corrected chi connectivity index (χ2v) is 5.35. The largest absolute Gasteiger partial charge is 0.350 e. The average Bonchev–Trinajstić information content (AvgIpc) is 2.64. The van der Waals surface area contributed by atoms with E-state index in [4.69, 9.17) is 11.6 Å². The number of hydrogen-bond acceptors (Lipinski definition) is 3. The molecule has 0 saturated carbocycles. The van der Waals surface area contributed by atoms with Crippen molar-refractivity contribution in [3.05, 3.63) is 16.0 Å². The summed E-state index contributed by atoms with van der Waals surface area (Å²) in [5.74, 6) is 0.928. The Morgan fingerprint density at radius 1 is 1.50 bits per heavy atom. The van der Waals surface area contributed by atoms with Crippen molar-refractivity contribution in [3.8, 4) is 0 Å². The highest BCUT2D eigenvalue weighted by Gasteiger charge is 2.31. The van der Waals surface area contributed by atoms with Crippen molar-refractivity contribution in [1.29, 1.82) is 0 Å². The molecule has 2 atom stereocenters. The number of anilines is 1. The van der Waals surface area contributed by atoms with Gasteiger partial charge < -0.3 is 4.90 Å². The van der Waals surface area contributed by atoms with E-state index in [0.29, 0.717) is 17.2 Å². The topological polar surface area (TPSA) is 29.0 Å². The molecule has 0 spiro atoms. The van der Waals surface area contributed by atoms with E-state index in [1.54, 1.807) is 0 Å². The van der Waals surface area contributed by atoms with E-state index in [0.717, 1.165) is 16.7 Å². The SMILES string of the molecule is CCC1CCC(C)N1c1ncnc(Cl)c1Br. The molecule has 2 unspecified atom stereocenters. The highest BCUT2D eigenvalue weighted by Crippen LogP contribution is 2.36. The number of hydrogen-bond donors (Lipinski definition) is 0. The van der Waals surface area contributed by atoms with E-state index in [9.17, 15) is 0 Å². The molecule has 1 aromatic heterocycles. The molecule has 0 aliphatic carbocycles. The van der Waals surface area contributed by atoms with Crippen LogP contribution in [0.3, 0.4) is 0 Å². The fraction of sp³-hybridized carbons (Fsp3) is 0.636. The third-order valence-electron chi connectivity index (χ3n) is 3.23. The summed E-state index contributed by atoms with van der Waals surface area (Å²) in [6.45, 7) is 4.45. The van der Waals surface area contributed by atoms with Gasteiger partial charge in [-0.1, -0.05) is 18.5 Å². The maximum absolute atomic E-state index is 6.01. The van der Waals surface area contributed by atoms with Crippen LogP contribution in [-0.4, -0.2) is 22.1 Å². The zero-order chi connectivity index (χ0) is 11.7. The molecule has 1 aromatic rings. The lowest BCUT2D eigenvalue weighted by molar-refractivity contribution is 0.619. The maximum Gasteiger partial charge on any atom is 0.148 e. The predicted octanol–water partition coefficient (Wildman–Crippen LogP) is 3.66. The molecule has 0 aromatic carbocycles. The molecule has 1 aliphatic rings. The smallest absolute Gasteiger partial charge is 0.148 e. The first-order valence-corrected chi connectivity index (χ1v) is 6.76. The van der Waals surface area contributed by atoms with Gasteiger partial charge in [-0.15, -0.1) is 0 Å². The van der Waals surface area contributed by atoms with Crippen molar-refractivity contribution in [2.75, 3.05) is 4.90 Å². The van der Waals surface area contributed by atoms with Crippen molar-refractivity contribution < 1.29 is 0 Å². The summed E-state index contributed by atoms with van der Waals surface area (Å²) in [5, 5.41) is 0.485. The minimum atomic E-state index is 0.485. The van der Waals surface area contributed by atoms with Crippen LogP contribution in [0.5, 0.6) is 0 Å². The summed E-state index contributed by atoms with van der Waals surface area (Å²) in [5.41, 5.74) is 0. The Morgan fingerprint density at radius 2 is 2.25 bits per heavy atom. The molecule has 0 radical (unpaired) electrons. The zero-order valence-corrected chi connectivity index (χ0v) is 11.8. The Bertz CT molecular complexity index is 385. The second-order valence-electron chi connectivity index (χ2n) is 4.20. The number of halogens is 2.